The Labute approximate surface area is 170 Å². The van der Waals surface area contributed by atoms with Crippen molar-refractivity contribution in [3.8, 4) is 5.75 Å². The zero-order valence-corrected chi connectivity index (χ0v) is 17.2. The molecule has 0 heterocycles. The summed E-state index contributed by atoms with van der Waals surface area (Å²) >= 11 is 7.67. The summed E-state index contributed by atoms with van der Waals surface area (Å²) in [7, 11) is 0. The van der Waals surface area contributed by atoms with Crippen LogP contribution in [0.5, 0.6) is 5.75 Å². The quantitative estimate of drug-likeness (QED) is 0.568. The lowest BCUT2D eigenvalue weighted by atomic mass is 9.95. The Hall–Kier alpha value is -1.65. The van der Waals surface area contributed by atoms with E-state index in [0.29, 0.717) is 18.2 Å². The van der Waals surface area contributed by atoms with E-state index in [9.17, 15) is 4.79 Å². The maximum absolute atomic E-state index is 12.7. The van der Waals surface area contributed by atoms with Gasteiger partial charge in [-0.2, -0.15) is 0 Å². The third-order valence-electron chi connectivity index (χ3n) is 4.77. The van der Waals surface area contributed by atoms with E-state index < -0.39 is 0 Å². The van der Waals surface area contributed by atoms with Crippen LogP contribution in [0.1, 0.15) is 54.9 Å². The zero-order valence-electron chi connectivity index (χ0n) is 15.7. The van der Waals surface area contributed by atoms with Gasteiger partial charge in [-0.1, -0.05) is 30.9 Å². The van der Waals surface area contributed by atoms with Crippen molar-refractivity contribution in [2.24, 2.45) is 0 Å². The SMILES string of the molecule is CCOc1ccc(C(=O)NC2CCCCC2)cc1CSc1ccc(Cl)cc1. The number of amides is 1. The summed E-state index contributed by atoms with van der Waals surface area (Å²) in [6.07, 6.45) is 5.86. The van der Waals surface area contributed by atoms with Gasteiger partial charge in [-0.25, -0.2) is 0 Å². The molecular formula is C22H26ClNO2S. The predicted molar refractivity (Wildman–Crippen MR) is 113 cm³/mol. The van der Waals surface area contributed by atoms with Gasteiger partial charge in [0.15, 0.2) is 0 Å². The molecule has 0 aliphatic heterocycles. The third kappa shape index (κ3) is 5.91. The van der Waals surface area contributed by atoms with Crippen LogP contribution in [0.3, 0.4) is 0 Å². The first-order chi connectivity index (χ1) is 13.2. The second-order valence-electron chi connectivity index (χ2n) is 6.81. The molecule has 1 N–H and O–H groups in total. The minimum Gasteiger partial charge on any atom is -0.494 e. The van der Waals surface area contributed by atoms with Gasteiger partial charge in [0.2, 0.25) is 0 Å². The van der Waals surface area contributed by atoms with Crippen LogP contribution in [0.2, 0.25) is 5.02 Å². The van der Waals surface area contributed by atoms with Crippen LogP contribution >= 0.6 is 23.4 Å². The average molecular weight is 404 g/mol. The molecule has 1 aliphatic rings. The number of nitrogens with one attached hydrogen (secondary N) is 1. The molecule has 27 heavy (non-hydrogen) atoms. The van der Waals surface area contributed by atoms with Crippen LogP contribution in [0, 0.1) is 0 Å². The van der Waals surface area contributed by atoms with E-state index in [2.05, 4.69) is 5.32 Å². The van der Waals surface area contributed by atoms with E-state index in [1.54, 1.807) is 11.8 Å². The van der Waals surface area contributed by atoms with E-state index in [0.717, 1.165) is 39.8 Å². The van der Waals surface area contributed by atoms with Crippen LogP contribution < -0.4 is 10.1 Å². The third-order valence-corrected chi connectivity index (χ3v) is 6.08. The van der Waals surface area contributed by atoms with E-state index in [1.807, 2.05) is 49.4 Å². The van der Waals surface area contributed by atoms with Crippen LogP contribution in [0.15, 0.2) is 47.4 Å². The molecule has 2 aromatic carbocycles. The number of hydrogen-bond donors (Lipinski definition) is 1. The smallest absolute Gasteiger partial charge is 0.251 e. The van der Waals surface area contributed by atoms with Crippen molar-refractivity contribution < 1.29 is 9.53 Å². The van der Waals surface area contributed by atoms with Crippen molar-refractivity contribution in [1.29, 1.82) is 0 Å². The van der Waals surface area contributed by atoms with Crippen molar-refractivity contribution in [2.75, 3.05) is 6.61 Å². The molecule has 3 rings (SSSR count). The summed E-state index contributed by atoms with van der Waals surface area (Å²) in [6, 6.07) is 13.8. The van der Waals surface area contributed by atoms with Crippen molar-refractivity contribution in [3.63, 3.8) is 0 Å². The maximum Gasteiger partial charge on any atom is 0.251 e. The van der Waals surface area contributed by atoms with E-state index >= 15 is 0 Å². The predicted octanol–water partition coefficient (Wildman–Crippen LogP) is 6.09. The van der Waals surface area contributed by atoms with Crippen molar-refractivity contribution in [1.82, 2.24) is 5.32 Å². The number of ether oxygens (including phenoxy) is 1. The summed E-state index contributed by atoms with van der Waals surface area (Å²) in [5.41, 5.74) is 1.74. The number of carbonyl (C=O) groups is 1. The Balaban J connectivity index is 1.71. The van der Waals surface area contributed by atoms with Crippen LogP contribution in [-0.2, 0) is 5.75 Å². The molecular weight excluding hydrogens is 378 g/mol. The molecule has 1 saturated carbocycles. The number of rotatable bonds is 7. The molecule has 1 aliphatic carbocycles. The summed E-state index contributed by atoms with van der Waals surface area (Å²) in [5, 5.41) is 3.92. The number of hydrogen-bond acceptors (Lipinski definition) is 3. The second-order valence-corrected chi connectivity index (χ2v) is 8.29. The first-order valence-electron chi connectivity index (χ1n) is 9.60. The van der Waals surface area contributed by atoms with E-state index in [-0.39, 0.29) is 5.91 Å². The van der Waals surface area contributed by atoms with Crippen molar-refractivity contribution >= 4 is 29.3 Å². The summed E-state index contributed by atoms with van der Waals surface area (Å²) in [6.45, 7) is 2.58. The minimum atomic E-state index is 0.0164. The fraction of sp³-hybridized carbons (Fsp3) is 0.409. The van der Waals surface area contributed by atoms with Gasteiger partial charge < -0.3 is 10.1 Å². The number of thioether (sulfide) groups is 1. The van der Waals surface area contributed by atoms with Gasteiger partial charge in [-0.3, -0.25) is 4.79 Å². The Kier molecular flexibility index (Phi) is 7.48. The molecule has 1 amide bonds. The van der Waals surface area contributed by atoms with Crippen LogP contribution in [0.4, 0.5) is 0 Å². The van der Waals surface area contributed by atoms with Gasteiger partial charge in [-0.05, 0) is 62.2 Å². The van der Waals surface area contributed by atoms with Gasteiger partial charge in [0, 0.05) is 32.8 Å². The summed E-state index contributed by atoms with van der Waals surface area (Å²) in [5.74, 6) is 1.59. The highest BCUT2D eigenvalue weighted by molar-refractivity contribution is 7.98. The molecule has 0 saturated heterocycles. The summed E-state index contributed by atoms with van der Waals surface area (Å²) in [4.78, 5) is 13.8. The molecule has 3 nitrogen and oxygen atoms in total. The van der Waals surface area contributed by atoms with Crippen molar-refractivity contribution in [2.45, 2.75) is 55.7 Å². The molecule has 144 valence electrons. The minimum absolute atomic E-state index is 0.0164. The normalized spacial score (nSPS) is 14.7. The Morgan fingerprint density at radius 3 is 2.59 bits per heavy atom. The molecule has 2 aromatic rings. The molecule has 0 aromatic heterocycles. The van der Waals surface area contributed by atoms with Gasteiger partial charge in [-0.15, -0.1) is 11.8 Å². The molecule has 0 bridgehead atoms. The monoisotopic (exact) mass is 403 g/mol. The maximum atomic E-state index is 12.7. The fourth-order valence-corrected chi connectivity index (χ4v) is 4.34. The molecule has 0 atom stereocenters. The second kappa shape index (κ2) is 10.0. The van der Waals surface area contributed by atoms with Gasteiger partial charge >= 0.3 is 0 Å². The summed E-state index contributed by atoms with van der Waals surface area (Å²) < 4.78 is 5.76. The zero-order chi connectivity index (χ0) is 19.1. The Morgan fingerprint density at radius 1 is 1.15 bits per heavy atom. The first-order valence-corrected chi connectivity index (χ1v) is 11.0. The Morgan fingerprint density at radius 2 is 1.89 bits per heavy atom. The molecule has 5 heteroatoms. The Bertz CT molecular complexity index is 757. The lowest BCUT2D eigenvalue weighted by Gasteiger charge is -2.23. The van der Waals surface area contributed by atoms with E-state index in [1.165, 1.54) is 19.3 Å². The average Bonchev–Trinajstić information content (AvgIpc) is 2.69. The highest BCUT2D eigenvalue weighted by atomic mass is 35.5. The number of benzene rings is 2. The van der Waals surface area contributed by atoms with Crippen LogP contribution in [0.25, 0.3) is 0 Å². The molecule has 1 fully saturated rings. The number of carbonyl (C=O) groups excluding carboxylic acids is 1. The lowest BCUT2D eigenvalue weighted by molar-refractivity contribution is 0.0927. The first kappa shape index (κ1) is 20.1. The van der Waals surface area contributed by atoms with Crippen LogP contribution in [-0.4, -0.2) is 18.6 Å². The molecule has 0 unspecified atom stereocenters. The highest BCUT2D eigenvalue weighted by Gasteiger charge is 2.17. The van der Waals surface area contributed by atoms with Gasteiger partial charge in [0.1, 0.15) is 5.75 Å². The topological polar surface area (TPSA) is 38.3 Å². The van der Waals surface area contributed by atoms with Gasteiger partial charge in [0.05, 0.1) is 6.61 Å². The lowest BCUT2D eigenvalue weighted by Crippen LogP contribution is -2.36. The molecule has 0 radical (unpaired) electrons. The number of halogens is 1. The standard InChI is InChI=1S/C22H26ClNO2S/c1-2-26-21-13-8-16(22(25)24-19-6-4-3-5-7-19)14-17(21)15-27-20-11-9-18(23)10-12-20/h8-14,19H,2-7,15H2,1H3,(H,24,25). The highest BCUT2D eigenvalue weighted by Crippen LogP contribution is 2.30. The largest absolute Gasteiger partial charge is 0.494 e. The molecule has 0 spiro atoms. The fourth-order valence-electron chi connectivity index (χ4n) is 3.34. The van der Waals surface area contributed by atoms with E-state index in [4.69, 9.17) is 16.3 Å². The van der Waals surface area contributed by atoms with Gasteiger partial charge in [0.25, 0.3) is 5.91 Å². The van der Waals surface area contributed by atoms with Crippen molar-refractivity contribution in [3.05, 3.63) is 58.6 Å².